The molecule has 0 radical (unpaired) electrons. The van der Waals surface area contributed by atoms with E-state index in [1.807, 2.05) is 0 Å². The Hall–Kier alpha value is -2.28. The highest BCUT2D eigenvalue weighted by atomic mass is 19.2. The average molecular weight is 295 g/mol. The lowest BCUT2D eigenvalue weighted by Crippen LogP contribution is -2.26. The molecule has 1 aliphatic heterocycles. The smallest absolute Gasteiger partial charge is 0.341 e. The lowest BCUT2D eigenvalue weighted by Gasteiger charge is -2.28. The zero-order valence-electron chi connectivity index (χ0n) is 11.0. The Kier molecular flexibility index (Phi) is 3.02. The van der Waals surface area contributed by atoms with Crippen molar-refractivity contribution in [2.45, 2.75) is 26.2 Å². The summed E-state index contributed by atoms with van der Waals surface area (Å²) >= 11 is 0. The largest absolute Gasteiger partial charge is 0.477 e. The number of ether oxygens (including phenoxy) is 1. The number of pyridine rings is 1. The second-order valence-corrected chi connectivity index (χ2v) is 4.81. The van der Waals surface area contributed by atoms with Gasteiger partial charge in [0.1, 0.15) is 11.8 Å². The van der Waals surface area contributed by atoms with Crippen LogP contribution in [0.2, 0.25) is 0 Å². The summed E-state index contributed by atoms with van der Waals surface area (Å²) < 4.78 is 34.3. The molecular weight excluding hydrogens is 284 g/mol. The Labute approximate surface area is 117 Å². The first-order chi connectivity index (χ1) is 9.95. The molecule has 0 bridgehead atoms. The van der Waals surface area contributed by atoms with Gasteiger partial charge in [-0.2, -0.15) is 0 Å². The number of benzene rings is 1. The Morgan fingerprint density at radius 1 is 1.52 bits per heavy atom. The van der Waals surface area contributed by atoms with Gasteiger partial charge in [-0.05, 0) is 12.5 Å². The quantitative estimate of drug-likeness (QED) is 0.923. The van der Waals surface area contributed by atoms with E-state index in [9.17, 15) is 18.4 Å². The number of aromatic nitrogens is 1. The highest BCUT2D eigenvalue weighted by molar-refractivity contribution is 5.93. The van der Waals surface area contributed by atoms with Crippen molar-refractivity contribution >= 4 is 16.9 Å². The summed E-state index contributed by atoms with van der Waals surface area (Å²) in [7, 11) is 0. The molecule has 0 fully saturated rings. The maximum atomic E-state index is 13.9. The number of carboxylic acid groups (broad SMARTS) is 1. The van der Waals surface area contributed by atoms with Gasteiger partial charge >= 0.3 is 5.97 Å². The van der Waals surface area contributed by atoms with Crippen molar-refractivity contribution in [3.05, 3.63) is 45.2 Å². The molecule has 21 heavy (non-hydrogen) atoms. The van der Waals surface area contributed by atoms with E-state index < -0.39 is 34.8 Å². The normalized spacial score (nSPS) is 17.2. The fourth-order valence-corrected chi connectivity index (χ4v) is 2.63. The van der Waals surface area contributed by atoms with Gasteiger partial charge in [-0.25, -0.2) is 13.6 Å². The molecule has 2 aromatic rings. The number of hydrogen-bond donors (Lipinski definition) is 1. The number of nitrogens with zero attached hydrogens (tertiary/aromatic N) is 1. The molecular formula is C14H11F2NO4. The van der Waals surface area contributed by atoms with Crippen molar-refractivity contribution in [1.82, 2.24) is 4.57 Å². The van der Waals surface area contributed by atoms with Crippen molar-refractivity contribution in [3.63, 3.8) is 0 Å². The van der Waals surface area contributed by atoms with Crippen LogP contribution in [0.4, 0.5) is 8.78 Å². The zero-order chi connectivity index (χ0) is 15.3. The fourth-order valence-electron chi connectivity index (χ4n) is 2.63. The molecule has 1 aromatic heterocycles. The van der Waals surface area contributed by atoms with E-state index in [-0.39, 0.29) is 23.1 Å². The van der Waals surface area contributed by atoms with Crippen LogP contribution in [0.5, 0.6) is 0 Å². The van der Waals surface area contributed by atoms with Gasteiger partial charge in [0, 0.05) is 11.8 Å². The summed E-state index contributed by atoms with van der Waals surface area (Å²) in [6, 6.07) is 0.747. The van der Waals surface area contributed by atoms with Gasteiger partial charge in [-0.1, -0.05) is 6.92 Å². The minimum absolute atomic E-state index is 0.0660. The van der Waals surface area contributed by atoms with Crippen molar-refractivity contribution < 1.29 is 23.4 Å². The molecule has 0 spiro atoms. The third-order valence-corrected chi connectivity index (χ3v) is 3.61. The number of rotatable bonds is 2. The first kappa shape index (κ1) is 13.7. The first-order valence-corrected chi connectivity index (χ1v) is 6.36. The average Bonchev–Trinajstić information content (AvgIpc) is 2.46. The maximum Gasteiger partial charge on any atom is 0.341 e. The lowest BCUT2D eigenvalue weighted by molar-refractivity contribution is -0.0193. The Morgan fingerprint density at radius 3 is 2.86 bits per heavy atom. The molecule has 1 aromatic carbocycles. The van der Waals surface area contributed by atoms with E-state index >= 15 is 0 Å². The minimum atomic E-state index is -1.42. The van der Waals surface area contributed by atoms with E-state index in [0.717, 1.165) is 12.3 Å². The van der Waals surface area contributed by atoms with Crippen LogP contribution < -0.4 is 5.43 Å². The van der Waals surface area contributed by atoms with Crippen LogP contribution >= 0.6 is 0 Å². The third kappa shape index (κ3) is 1.84. The van der Waals surface area contributed by atoms with Crippen LogP contribution in [-0.4, -0.2) is 15.6 Å². The van der Waals surface area contributed by atoms with Gasteiger partial charge in [-0.15, -0.1) is 0 Å². The van der Waals surface area contributed by atoms with Gasteiger partial charge in [0.2, 0.25) is 5.43 Å². The predicted octanol–water partition coefficient (Wildman–Crippen LogP) is 2.42. The lowest BCUT2D eigenvalue weighted by atomic mass is 10.0. The van der Waals surface area contributed by atoms with Gasteiger partial charge in [-0.3, -0.25) is 4.79 Å². The summed E-state index contributed by atoms with van der Waals surface area (Å²) in [4.78, 5) is 23.3. The summed E-state index contributed by atoms with van der Waals surface area (Å²) in [5.41, 5.74) is -1.19. The molecule has 110 valence electrons. The highest BCUT2D eigenvalue weighted by Gasteiger charge is 2.28. The van der Waals surface area contributed by atoms with E-state index in [4.69, 9.17) is 9.84 Å². The standard InChI is InChI=1S/C14H11F2NO4/c1-2-10-17-4-7(14(19)20)13(18)6-3-9(15)11(16)8(5-21-10)12(6)17/h3-4,10H,2,5H2,1H3,(H,19,20). The Balaban J connectivity index is 2.53. The number of halogens is 2. The molecule has 0 amide bonds. The number of hydrogen-bond acceptors (Lipinski definition) is 3. The van der Waals surface area contributed by atoms with E-state index in [1.54, 1.807) is 6.92 Å². The summed E-state index contributed by atoms with van der Waals surface area (Å²) in [6.45, 7) is 1.64. The van der Waals surface area contributed by atoms with Crippen LogP contribution in [0.3, 0.4) is 0 Å². The fraction of sp³-hybridized carbons (Fsp3) is 0.286. The molecule has 0 saturated heterocycles. The molecule has 2 heterocycles. The SMILES string of the molecule is CCC1OCc2c(F)c(F)cc3c(=O)c(C(=O)O)cn1c23. The van der Waals surface area contributed by atoms with Gasteiger partial charge in [0.05, 0.1) is 17.5 Å². The van der Waals surface area contributed by atoms with Crippen molar-refractivity contribution in [1.29, 1.82) is 0 Å². The van der Waals surface area contributed by atoms with Gasteiger partial charge in [0.25, 0.3) is 0 Å². The molecule has 1 aliphatic rings. The molecule has 7 heteroatoms. The van der Waals surface area contributed by atoms with Crippen LogP contribution in [0, 0.1) is 11.6 Å². The van der Waals surface area contributed by atoms with Crippen molar-refractivity contribution in [2.24, 2.45) is 0 Å². The zero-order valence-corrected chi connectivity index (χ0v) is 11.0. The predicted molar refractivity (Wildman–Crippen MR) is 69.2 cm³/mol. The van der Waals surface area contributed by atoms with Crippen LogP contribution in [0.1, 0.15) is 35.5 Å². The third-order valence-electron chi connectivity index (χ3n) is 3.61. The second-order valence-electron chi connectivity index (χ2n) is 4.81. The van der Waals surface area contributed by atoms with E-state index in [2.05, 4.69) is 0 Å². The van der Waals surface area contributed by atoms with Crippen molar-refractivity contribution in [3.8, 4) is 0 Å². The van der Waals surface area contributed by atoms with E-state index in [1.165, 1.54) is 4.57 Å². The van der Waals surface area contributed by atoms with Gasteiger partial charge in [0.15, 0.2) is 11.6 Å². The number of carbonyl (C=O) groups is 1. The van der Waals surface area contributed by atoms with Crippen molar-refractivity contribution in [2.75, 3.05) is 0 Å². The van der Waals surface area contributed by atoms with E-state index in [0.29, 0.717) is 6.42 Å². The molecule has 3 rings (SSSR count). The molecule has 0 saturated carbocycles. The number of carboxylic acids is 1. The molecule has 1 N–H and O–H groups in total. The molecule has 1 atom stereocenters. The first-order valence-electron chi connectivity index (χ1n) is 6.36. The maximum absolute atomic E-state index is 13.9. The Bertz CT molecular complexity index is 828. The van der Waals surface area contributed by atoms with Crippen LogP contribution in [0.25, 0.3) is 10.9 Å². The second kappa shape index (κ2) is 4.63. The minimum Gasteiger partial charge on any atom is -0.477 e. The molecule has 0 aliphatic carbocycles. The van der Waals surface area contributed by atoms with Crippen LogP contribution in [-0.2, 0) is 11.3 Å². The summed E-state index contributed by atoms with van der Waals surface area (Å²) in [5, 5.41) is 8.95. The molecule has 1 unspecified atom stereocenters. The summed E-state index contributed by atoms with van der Waals surface area (Å²) in [5.74, 6) is -3.69. The number of aromatic carboxylic acids is 1. The van der Waals surface area contributed by atoms with Crippen LogP contribution in [0.15, 0.2) is 17.1 Å². The highest BCUT2D eigenvalue weighted by Crippen LogP contribution is 2.32. The molecule has 5 nitrogen and oxygen atoms in total. The van der Waals surface area contributed by atoms with Gasteiger partial charge < -0.3 is 14.4 Å². The monoisotopic (exact) mass is 295 g/mol. The summed E-state index contributed by atoms with van der Waals surface area (Å²) in [6.07, 6.45) is 1.10. The topological polar surface area (TPSA) is 68.5 Å². The Morgan fingerprint density at radius 2 is 2.24 bits per heavy atom.